The van der Waals surface area contributed by atoms with Crippen molar-refractivity contribution < 1.29 is 33.3 Å². The first kappa shape index (κ1) is 29.1. The molecule has 0 aromatic heterocycles. The largest absolute Gasteiger partial charge is 0.492 e. The van der Waals surface area contributed by atoms with E-state index in [0.29, 0.717) is 24.5 Å². The fourth-order valence-electron chi connectivity index (χ4n) is 4.01. The molecule has 4 rings (SSSR count). The zero-order chi connectivity index (χ0) is 29.1. The molecular weight excluding hydrogens is 525 g/mol. The van der Waals surface area contributed by atoms with Crippen molar-refractivity contribution in [3.8, 4) is 23.0 Å². The molecular formula is C33H32FNO6. The minimum Gasteiger partial charge on any atom is -0.492 e. The summed E-state index contributed by atoms with van der Waals surface area (Å²) >= 11 is 0. The molecule has 4 aromatic rings. The second-order valence-electron chi connectivity index (χ2n) is 9.88. The van der Waals surface area contributed by atoms with Crippen molar-refractivity contribution in [2.24, 2.45) is 5.41 Å². The number of carboxylic acid groups (broad SMARTS) is 1. The van der Waals surface area contributed by atoms with Gasteiger partial charge in [-0.1, -0.05) is 42.5 Å². The van der Waals surface area contributed by atoms with Gasteiger partial charge in [-0.3, -0.25) is 9.59 Å². The summed E-state index contributed by atoms with van der Waals surface area (Å²) in [5.41, 5.74) is 0.638. The van der Waals surface area contributed by atoms with Gasteiger partial charge in [-0.15, -0.1) is 0 Å². The molecule has 0 fully saturated rings. The molecule has 212 valence electrons. The van der Waals surface area contributed by atoms with Crippen molar-refractivity contribution in [2.45, 2.75) is 19.8 Å². The summed E-state index contributed by atoms with van der Waals surface area (Å²) < 4.78 is 30.1. The van der Waals surface area contributed by atoms with Crippen molar-refractivity contribution in [1.29, 1.82) is 0 Å². The van der Waals surface area contributed by atoms with E-state index in [4.69, 9.17) is 14.2 Å². The molecule has 0 spiro atoms. The lowest BCUT2D eigenvalue weighted by Gasteiger charge is -2.25. The van der Waals surface area contributed by atoms with Crippen molar-refractivity contribution >= 4 is 11.9 Å². The molecule has 0 radical (unpaired) electrons. The minimum atomic E-state index is -1.20. The van der Waals surface area contributed by atoms with Crippen molar-refractivity contribution in [3.63, 3.8) is 0 Å². The van der Waals surface area contributed by atoms with E-state index in [1.165, 1.54) is 24.3 Å². The Bertz CT molecular complexity index is 1410. The first-order chi connectivity index (χ1) is 19.8. The highest BCUT2D eigenvalue weighted by Crippen LogP contribution is 2.26. The summed E-state index contributed by atoms with van der Waals surface area (Å²) in [6, 6.07) is 29.6. The van der Waals surface area contributed by atoms with Gasteiger partial charge < -0.3 is 24.6 Å². The monoisotopic (exact) mass is 557 g/mol. The van der Waals surface area contributed by atoms with E-state index in [9.17, 15) is 19.1 Å². The average molecular weight is 558 g/mol. The number of para-hydroxylation sites is 1. The van der Waals surface area contributed by atoms with Crippen molar-refractivity contribution in [3.05, 3.63) is 120 Å². The van der Waals surface area contributed by atoms with E-state index in [0.717, 1.165) is 22.6 Å². The highest BCUT2D eigenvalue weighted by molar-refractivity contribution is 5.77. The molecule has 0 aliphatic heterocycles. The van der Waals surface area contributed by atoms with Gasteiger partial charge in [-0.25, -0.2) is 4.39 Å². The average Bonchev–Trinajstić information content (AvgIpc) is 2.98. The Balaban J connectivity index is 1.18. The van der Waals surface area contributed by atoms with Gasteiger partial charge in [0.25, 0.3) is 5.91 Å². The number of aliphatic carboxylic acids is 1. The molecule has 1 atom stereocenters. The van der Waals surface area contributed by atoms with E-state index in [1.807, 2.05) is 54.6 Å². The number of carbonyl (C=O) groups is 2. The van der Waals surface area contributed by atoms with E-state index in [-0.39, 0.29) is 25.5 Å². The zero-order valence-corrected chi connectivity index (χ0v) is 22.7. The molecule has 1 amide bonds. The molecule has 2 N–H and O–H groups in total. The van der Waals surface area contributed by atoms with Crippen LogP contribution in [0.15, 0.2) is 103 Å². The molecule has 8 heteroatoms. The Morgan fingerprint density at radius 3 is 1.98 bits per heavy atom. The van der Waals surface area contributed by atoms with E-state index >= 15 is 0 Å². The van der Waals surface area contributed by atoms with Crippen LogP contribution in [0.2, 0.25) is 0 Å². The number of ether oxygens (including phenoxy) is 3. The minimum absolute atomic E-state index is 0.0853. The van der Waals surface area contributed by atoms with Crippen molar-refractivity contribution in [2.75, 3.05) is 19.8 Å². The van der Waals surface area contributed by atoms with Crippen LogP contribution in [-0.2, 0) is 22.4 Å². The Kier molecular flexibility index (Phi) is 9.94. The molecule has 0 aliphatic rings. The van der Waals surface area contributed by atoms with Crippen LogP contribution in [0.1, 0.15) is 18.1 Å². The predicted molar refractivity (Wildman–Crippen MR) is 153 cm³/mol. The lowest BCUT2D eigenvalue weighted by Crippen LogP contribution is -2.36. The number of carboxylic acids is 1. The standard InChI is InChI=1S/C33H32FNO6/c1-33(32(37)38,23-40-28-17-11-26(34)12-18-28)21-25-9-13-27(14-10-25)39-22-31(36)35-20-19-24-7-15-30(16-8-24)41-29-5-3-2-4-6-29/h2-18H,19-23H2,1H3,(H,35,36)(H,37,38)/t33-/m1/s1. The van der Waals surface area contributed by atoms with Crippen LogP contribution in [0, 0.1) is 11.2 Å². The molecule has 0 unspecified atom stereocenters. The lowest BCUT2D eigenvalue weighted by molar-refractivity contribution is -0.149. The summed E-state index contributed by atoms with van der Waals surface area (Å²) in [5.74, 6) is 0.769. The third-order valence-corrected chi connectivity index (χ3v) is 6.41. The quantitative estimate of drug-likeness (QED) is 0.196. The lowest BCUT2D eigenvalue weighted by atomic mass is 9.84. The number of amides is 1. The number of carbonyl (C=O) groups excluding carboxylic acids is 1. The molecule has 0 heterocycles. The Labute approximate surface area is 238 Å². The SMILES string of the molecule is C[C@](COc1ccc(F)cc1)(Cc1ccc(OCC(=O)NCCc2ccc(Oc3ccccc3)cc2)cc1)C(=O)O. The van der Waals surface area contributed by atoms with Gasteiger partial charge in [0.15, 0.2) is 6.61 Å². The summed E-state index contributed by atoms with van der Waals surface area (Å²) in [6.07, 6.45) is 0.878. The van der Waals surface area contributed by atoms with Gasteiger partial charge in [-0.2, -0.15) is 0 Å². The van der Waals surface area contributed by atoms with E-state index < -0.39 is 17.2 Å². The second kappa shape index (κ2) is 14.0. The third kappa shape index (κ3) is 9.10. The Morgan fingerprint density at radius 2 is 1.32 bits per heavy atom. The first-order valence-corrected chi connectivity index (χ1v) is 13.2. The third-order valence-electron chi connectivity index (χ3n) is 6.41. The molecule has 0 aliphatic carbocycles. The number of nitrogens with one attached hydrogen (secondary N) is 1. The van der Waals surface area contributed by atoms with Crippen LogP contribution in [0.25, 0.3) is 0 Å². The van der Waals surface area contributed by atoms with Gasteiger partial charge in [0.2, 0.25) is 0 Å². The maximum absolute atomic E-state index is 13.1. The zero-order valence-electron chi connectivity index (χ0n) is 22.7. The summed E-state index contributed by atoms with van der Waals surface area (Å²) in [4.78, 5) is 24.2. The fraction of sp³-hybridized carbons (Fsp3) is 0.212. The normalized spacial score (nSPS) is 12.1. The van der Waals surface area contributed by atoms with Crippen LogP contribution in [0.5, 0.6) is 23.0 Å². The maximum Gasteiger partial charge on any atom is 0.313 e. The summed E-state index contributed by atoms with van der Waals surface area (Å²) in [6.45, 7) is 1.84. The number of hydrogen-bond donors (Lipinski definition) is 2. The van der Waals surface area contributed by atoms with E-state index in [1.54, 1.807) is 31.2 Å². The maximum atomic E-state index is 13.1. The first-order valence-electron chi connectivity index (χ1n) is 13.2. The fourth-order valence-corrected chi connectivity index (χ4v) is 4.01. The number of hydrogen-bond acceptors (Lipinski definition) is 5. The molecule has 41 heavy (non-hydrogen) atoms. The Morgan fingerprint density at radius 1 is 0.756 bits per heavy atom. The molecule has 0 saturated heterocycles. The van der Waals surface area contributed by atoms with Gasteiger partial charge in [0, 0.05) is 6.54 Å². The highest BCUT2D eigenvalue weighted by atomic mass is 19.1. The second-order valence-corrected chi connectivity index (χ2v) is 9.88. The number of rotatable bonds is 14. The van der Waals surface area contributed by atoms with Gasteiger partial charge in [0.1, 0.15) is 40.8 Å². The van der Waals surface area contributed by atoms with Gasteiger partial charge in [-0.05, 0) is 91.6 Å². The van der Waals surface area contributed by atoms with Gasteiger partial charge >= 0.3 is 5.97 Å². The Hall–Kier alpha value is -4.85. The van der Waals surface area contributed by atoms with Crippen LogP contribution in [0.4, 0.5) is 4.39 Å². The van der Waals surface area contributed by atoms with Crippen LogP contribution in [-0.4, -0.2) is 36.7 Å². The number of halogens is 1. The van der Waals surface area contributed by atoms with Crippen LogP contribution in [0.3, 0.4) is 0 Å². The molecule has 7 nitrogen and oxygen atoms in total. The predicted octanol–water partition coefficient (Wildman–Crippen LogP) is 6.07. The van der Waals surface area contributed by atoms with E-state index in [2.05, 4.69) is 5.32 Å². The number of benzene rings is 4. The summed E-state index contributed by atoms with van der Waals surface area (Å²) in [5, 5.41) is 12.7. The molecule has 0 saturated carbocycles. The van der Waals surface area contributed by atoms with Gasteiger partial charge in [0.05, 0.1) is 0 Å². The smallest absolute Gasteiger partial charge is 0.313 e. The molecule has 4 aromatic carbocycles. The van der Waals surface area contributed by atoms with Crippen LogP contribution >= 0.6 is 0 Å². The van der Waals surface area contributed by atoms with Crippen molar-refractivity contribution in [1.82, 2.24) is 5.32 Å². The van der Waals surface area contributed by atoms with Crippen LogP contribution < -0.4 is 19.5 Å². The topological polar surface area (TPSA) is 94.1 Å². The summed E-state index contributed by atoms with van der Waals surface area (Å²) in [7, 11) is 0. The highest BCUT2D eigenvalue weighted by Gasteiger charge is 2.34. The molecule has 0 bridgehead atoms.